The Morgan fingerprint density at radius 2 is 1.96 bits per heavy atom. The third-order valence-electron chi connectivity index (χ3n) is 3.17. The molecule has 0 atom stereocenters. The van der Waals surface area contributed by atoms with E-state index in [1.165, 1.54) is 11.8 Å². The number of carbonyl (C=O) groups excluding carboxylic acids is 1. The van der Waals surface area contributed by atoms with Crippen LogP contribution in [-0.2, 0) is 4.79 Å². The lowest BCUT2D eigenvalue weighted by atomic mass is 10.2. The van der Waals surface area contributed by atoms with Gasteiger partial charge < -0.3 is 9.73 Å². The molecular weight excluding hydrogens is 381 g/mol. The molecule has 1 aromatic heterocycles. The van der Waals surface area contributed by atoms with Crippen molar-refractivity contribution in [2.24, 2.45) is 0 Å². The van der Waals surface area contributed by atoms with Crippen molar-refractivity contribution in [2.75, 3.05) is 11.1 Å². The fourth-order valence-corrected chi connectivity index (χ4v) is 3.14. The Morgan fingerprint density at radius 1 is 1.12 bits per heavy atom. The first-order valence-corrected chi connectivity index (χ1v) is 9.12. The minimum atomic E-state index is -0.111. The van der Waals surface area contributed by atoms with Gasteiger partial charge in [0.2, 0.25) is 11.8 Å². The number of nitrogens with zero attached hydrogens (tertiary/aromatic N) is 2. The van der Waals surface area contributed by atoms with Gasteiger partial charge in [-0.25, -0.2) is 0 Å². The van der Waals surface area contributed by atoms with E-state index in [4.69, 9.17) is 27.6 Å². The van der Waals surface area contributed by atoms with Crippen LogP contribution in [0.2, 0.25) is 10.0 Å². The quantitative estimate of drug-likeness (QED) is 0.585. The van der Waals surface area contributed by atoms with Crippen LogP contribution in [0.25, 0.3) is 11.5 Å². The Bertz CT molecular complexity index is 886. The summed E-state index contributed by atoms with van der Waals surface area (Å²) < 4.78 is 5.57. The van der Waals surface area contributed by atoms with Crippen molar-refractivity contribution >= 4 is 46.6 Å². The first-order chi connectivity index (χ1) is 12.1. The highest BCUT2D eigenvalue weighted by Crippen LogP contribution is 2.28. The molecule has 1 N–H and O–H groups in total. The fourth-order valence-electron chi connectivity index (χ4n) is 2.03. The third kappa shape index (κ3) is 4.98. The van der Waals surface area contributed by atoms with E-state index in [-0.39, 0.29) is 5.91 Å². The van der Waals surface area contributed by atoms with Crippen LogP contribution in [0.3, 0.4) is 0 Å². The standard InChI is InChI=1S/C17H13Cl2N3O2S/c18-11-4-3-5-12(10-11)20-15(23)8-9-25-17-22-21-16(24-17)13-6-1-2-7-14(13)19/h1-7,10H,8-9H2,(H,20,23). The van der Waals surface area contributed by atoms with Crippen molar-refractivity contribution in [3.05, 3.63) is 58.6 Å². The summed E-state index contributed by atoms with van der Waals surface area (Å²) in [6.07, 6.45) is 0.307. The predicted molar refractivity (Wildman–Crippen MR) is 100 cm³/mol. The van der Waals surface area contributed by atoms with Gasteiger partial charge in [-0.15, -0.1) is 10.2 Å². The summed E-state index contributed by atoms with van der Waals surface area (Å²) in [6, 6.07) is 14.2. The number of aromatic nitrogens is 2. The molecule has 0 aliphatic heterocycles. The lowest BCUT2D eigenvalue weighted by Gasteiger charge is -2.04. The molecule has 0 spiro atoms. The zero-order valence-corrected chi connectivity index (χ0v) is 15.2. The summed E-state index contributed by atoms with van der Waals surface area (Å²) in [7, 11) is 0. The molecule has 0 unspecified atom stereocenters. The van der Waals surface area contributed by atoms with Crippen molar-refractivity contribution in [1.29, 1.82) is 0 Å². The van der Waals surface area contributed by atoms with Gasteiger partial charge in [-0.2, -0.15) is 0 Å². The molecule has 25 heavy (non-hydrogen) atoms. The molecule has 0 bridgehead atoms. The van der Waals surface area contributed by atoms with Crippen molar-refractivity contribution < 1.29 is 9.21 Å². The number of nitrogens with one attached hydrogen (secondary N) is 1. The topological polar surface area (TPSA) is 68.0 Å². The van der Waals surface area contributed by atoms with Crippen LogP contribution in [0.4, 0.5) is 5.69 Å². The average Bonchev–Trinajstić information content (AvgIpc) is 3.04. The molecule has 0 aliphatic carbocycles. The van der Waals surface area contributed by atoms with E-state index in [2.05, 4.69) is 15.5 Å². The number of rotatable bonds is 6. The molecule has 0 fully saturated rings. The van der Waals surface area contributed by atoms with E-state index < -0.39 is 0 Å². The van der Waals surface area contributed by atoms with Crippen LogP contribution in [0.1, 0.15) is 6.42 Å². The molecule has 0 saturated carbocycles. The smallest absolute Gasteiger partial charge is 0.276 e. The number of halogens is 2. The van der Waals surface area contributed by atoms with Crippen molar-refractivity contribution in [3.63, 3.8) is 0 Å². The lowest BCUT2D eigenvalue weighted by Crippen LogP contribution is -2.12. The Kier molecular flexibility index (Phi) is 5.96. The lowest BCUT2D eigenvalue weighted by molar-refractivity contribution is -0.115. The number of hydrogen-bond donors (Lipinski definition) is 1. The first-order valence-electron chi connectivity index (χ1n) is 7.38. The van der Waals surface area contributed by atoms with Gasteiger partial charge in [0.15, 0.2) is 0 Å². The van der Waals surface area contributed by atoms with Crippen molar-refractivity contribution in [1.82, 2.24) is 10.2 Å². The summed E-state index contributed by atoms with van der Waals surface area (Å²) in [6.45, 7) is 0. The SMILES string of the molecule is O=C(CCSc1nnc(-c2ccccc2Cl)o1)Nc1cccc(Cl)c1. The molecule has 3 rings (SSSR count). The second-order valence-corrected chi connectivity index (χ2v) is 6.90. The Labute approximate surface area is 158 Å². The highest BCUT2D eigenvalue weighted by atomic mass is 35.5. The van der Waals surface area contributed by atoms with Crippen LogP contribution >= 0.6 is 35.0 Å². The normalized spacial score (nSPS) is 10.6. The molecule has 0 aliphatic rings. The van der Waals surface area contributed by atoms with Gasteiger partial charge >= 0.3 is 0 Å². The van der Waals surface area contributed by atoms with E-state index in [1.54, 1.807) is 30.3 Å². The van der Waals surface area contributed by atoms with Crippen LogP contribution in [0.15, 0.2) is 58.2 Å². The van der Waals surface area contributed by atoms with Gasteiger partial charge in [0, 0.05) is 22.9 Å². The largest absolute Gasteiger partial charge is 0.411 e. The first kappa shape index (κ1) is 17.8. The monoisotopic (exact) mass is 393 g/mol. The highest BCUT2D eigenvalue weighted by molar-refractivity contribution is 7.99. The van der Waals surface area contributed by atoms with E-state index in [0.29, 0.717) is 44.6 Å². The zero-order valence-electron chi connectivity index (χ0n) is 12.9. The second-order valence-electron chi connectivity index (χ2n) is 5.01. The van der Waals surface area contributed by atoms with E-state index in [1.807, 2.05) is 18.2 Å². The molecule has 3 aromatic rings. The van der Waals surface area contributed by atoms with Gasteiger partial charge in [0.25, 0.3) is 5.22 Å². The predicted octanol–water partition coefficient (Wildman–Crippen LogP) is 5.16. The number of carbonyl (C=O) groups is 1. The van der Waals surface area contributed by atoms with E-state index in [0.717, 1.165) is 0 Å². The van der Waals surface area contributed by atoms with Crippen molar-refractivity contribution in [2.45, 2.75) is 11.6 Å². The molecule has 1 amide bonds. The maximum absolute atomic E-state index is 11.9. The summed E-state index contributed by atoms with van der Waals surface area (Å²) in [4.78, 5) is 11.9. The molecule has 5 nitrogen and oxygen atoms in total. The minimum absolute atomic E-state index is 0.111. The van der Waals surface area contributed by atoms with Gasteiger partial charge in [-0.3, -0.25) is 4.79 Å². The average molecular weight is 394 g/mol. The maximum atomic E-state index is 11.9. The molecule has 8 heteroatoms. The van der Waals surface area contributed by atoms with Gasteiger partial charge in [-0.1, -0.05) is 53.2 Å². The molecule has 128 valence electrons. The molecule has 0 saturated heterocycles. The highest BCUT2D eigenvalue weighted by Gasteiger charge is 2.12. The molecular formula is C17H13Cl2N3O2S. The van der Waals surface area contributed by atoms with Crippen LogP contribution < -0.4 is 5.32 Å². The molecule has 2 aromatic carbocycles. The van der Waals surface area contributed by atoms with Crippen molar-refractivity contribution in [3.8, 4) is 11.5 Å². The summed E-state index contributed by atoms with van der Waals surface area (Å²) in [5.41, 5.74) is 1.35. The Hall–Kier alpha value is -2.02. The minimum Gasteiger partial charge on any atom is -0.411 e. The summed E-state index contributed by atoms with van der Waals surface area (Å²) >= 11 is 13.3. The van der Waals surface area contributed by atoms with Crippen LogP contribution in [0, 0.1) is 0 Å². The van der Waals surface area contributed by atoms with Gasteiger partial charge in [-0.05, 0) is 30.3 Å². The Morgan fingerprint density at radius 3 is 2.76 bits per heavy atom. The van der Waals surface area contributed by atoms with E-state index in [9.17, 15) is 4.79 Å². The Balaban J connectivity index is 1.51. The zero-order chi connectivity index (χ0) is 17.6. The number of hydrogen-bond acceptors (Lipinski definition) is 5. The number of amides is 1. The summed E-state index contributed by atoms with van der Waals surface area (Å²) in [5.74, 6) is 0.758. The number of benzene rings is 2. The van der Waals surface area contributed by atoms with E-state index >= 15 is 0 Å². The molecule has 0 radical (unpaired) electrons. The molecule has 1 heterocycles. The number of anilines is 1. The second kappa shape index (κ2) is 8.38. The van der Waals surface area contributed by atoms with Crippen LogP contribution in [0.5, 0.6) is 0 Å². The maximum Gasteiger partial charge on any atom is 0.276 e. The van der Waals surface area contributed by atoms with Crippen LogP contribution in [-0.4, -0.2) is 21.9 Å². The number of thioether (sulfide) groups is 1. The van der Waals surface area contributed by atoms with Gasteiger partial charge in [0.1, 0.15) is 0 Å². The third-order valence-corrected chi connectivity index (χ3v) is 4.56. The fraction of sp³-hybridized carbons (Fsp3) is 0.118. The van der Waals surface area contributed by atoms with Gasteiger partial charge in [0.05, 0.1) is 10.6 Å². The summed E-state index contributed by atoms with van der Waals surface area (Å²) in [5, 5.41) is 12.2.